The van der Waals surface area contributed by atoms with Crippen molar-refractivity contribution in [3.63, 3.8) is 0 Å². The Hall–Kier alpha value is -4.98. The Labute approximate surface area is 471 Å². The maximum absolute atomic E-state index is 15.0. The standard InChI is InChI=1S/C60H83N11O6S/c1-9-70-48-17-14-39-27-42(48)44(53(70)43-28-41(31-61-50(43)37(4)76-8)67-25-23-66(24-26-67)40-15-16-40)30-59(5,6)35-77-58(75)45-11-10-20-71(64-45)56(73)46(29-49-62-47(39)32-78-49)63-55(72)51(36(2)3)68-21-18-60(33-68)19-22-69(34-60)57(74)54-52(65(54)7)38-12-13-38/h14,17,27-28,31-32,36-38,40,45-46,51-52,54,64H,9-13,15-16,18-26,29-30,33-35H2,1-8H3,(H,63,72)/t37-,45-,46-,51-,52+,54+,60-,65?/m0/s1/i1D3,9D2. The van der Waals surface area contributed by atoms with Gasteiger partial charge < -0.3 is 29.2 Å². The maximum atomic E-state index is 15.0. The summed E-state index contributed by atoms with van der Waals surface area (Å²) in [5, 5.41) is 7.77. The Bertz CT molecular complexity index is 3150. The van der Waals surface area contributed by atoms with Crippen LogP contribution in [0.3, 0.4) is 0 Å². The fourth-order valence-electron chi connectivity index (χ4n) is 14.0. The first-order valence-electron chi connectivity index (χ1n) is 31.4. The molecule has 4 aromatic rings. The molecule has 8 aliphatic rings. The number of nitrogens with zero attached hydrogens (tertiary/aromatic N) is 9. The average molecular weight is 1090 g/mol. The number of carbonyl (C=O) groups excluding carboxylic acids is 4. The molecule has 3 aromatic heterocycles. The molecule has 420 valence electrons. The van der Waals surface area contributed by atoms with Gasteiger partial charge >= 0.3 is 5.97 Å². The van der Waals surface area contributed by atoms with E-state index in [-0.39, 0.29) is 48.6 Å². The molecule has 1 spiro atoms. The van der Waals surface area contributed by atoms with E-state index in [0.717, 1.165) is 51.3 Å². The number of aryl methyl sites for hydroxylation is 1. The molecule has 78 heavy (non-hydrogen) atoms. The highest BCUT2D eigenvalue weighted by Gasteiger charge is 2.59. The van der Waals surface area contributed by atoms with Crippen LogP contribution in [0.2, 0.25) is 0 Å². The number of methoxy groups -OCH3 is 1. The topological polar surface area (TPSA) is 161 Å². The number of likely N-dealkylation sites (tertiary alicyclic amines) is 2. The molecule has 2 N–H and O–H groups in total. The second kappa shape index (κ2) is 21.2. The lowest BCUT2D eigenvalue weighted by Crippen LogP contribution is -2.62. The number of ether oxygens (including phenoxy) is 2. The number of amides is 3. The number of anilines is 1. The van der Waals surface area contributed by atoms with Gasteiger partial charge in [-0.2, -0.15) is 0 Å². The van der Waals surface area contributed by atoms with Crippen molar-refractivity contribution < 1.29 is 35.5 Å². The molecule has 0 radical (unpaired) electrons. The molecule has 2 aliphatic carbocycles. The molecule has 1 aromatic carbocycles. The minimum Gasteiger partial charge on any atom is -0.464 e. The normalized spacial score (nSPS) is 30.1. The highest BCUT2D eigenvalue weighted by molar-refractivity contribution is 7.10. The summed E-state index contributed by atoms with van der Waals surface area (Å²) < 4.78 is 59.0. The zero-order valence-corrected chi connectivity index (χ0v) is 47.5. The van der Waals surface area contributed by atoms with E-state index in [1.165, 1.54) is 46.6 Å². The number of cyclic esters (lactones) is 1. The number of carbonyl (C=O) groups is 4. The fourth-order valence-corrected chi connectivity index (χ4v) is 14.8. The summed E-state index contributed by atoms with van der Waals surface area (Å²) in [6.07, 6.45) is 9.08. The lowest BCUT2D eigenvalue weighted by molar-refractivity contribution is -0.155. The van der Waals surface area contributed by atoms with Crippen LogP contribution in [0.4, 0.5) is 5.69 Å². The number of hydrazine groups is 1. The summed E-state index contributed by atoms with van der Waals surface area (Å²) in [7, 11) is 3.66. The minimum absolute atomic E-state index is 0.0167. The van der Waals surface area contributed by atoms with Crippen molar-refractivity contribution >= 4 is 51.6 Å². The van der Waals surface area contributed by atoms with Crippen LogP contribution in [0, 0.1) is 22.7 Å². The number of pyridine rings is 1. The molecule has 12 rings (SSSR count). The van der Waals surface area contributed by atoms with E-state index in [9.17, 15) is 21.9 Å². The SMILES string of the molecule is [2H]C([2H])([2H])C([2H])([2H])n1c(-c2cc(N3CCN(C4CC4)CC3)cnc2[C@H](C)OC)c2c3cc(ccc31)-c1csc(n1)C[C@H](NC(=O)[C@H](C(C)C)N1CC[C@]3(CCN(C(=O)[C@H]4[C@@H](C5CC5)N4C)C3)C1)C(=O)N1CCC[C@H](N1)C(=O)OCC(C)(C)C2. The maximum Gasteiger partial charge on any atom is 0.324 e. The molecule has 6 aliphatic heterocycles. The molecule has 17 nitrogen and oxygen atoms in total. The van der Waals surface area contributed by atoms with Gasteiger partial charge in [-0.25, -0.2) is 10.4 Å². The molecule has 7 fully saturated rings. The lowest BCUT2D eigenvalue weighted by atomic mass is 9.84. The molecule has 8 atom stereocenters. The zero-order chi connectivity index (χ0) is 58.7. The van der Waals surface area contributed by atoms with Crippen LogP contribution in [0.5, 0.6) is 0 Å². The molecule has 2 saturated carbocycles. The summed E-state index contributed by atoms with van der Waals surface area (Å²) in [6, 6.07) is 6.05. The van der Waals surface area contributed by atoms with Gasteiger partial charge in [0.15, 0.2) is 0 Å². The van der Waals surface area contributed by atoms with Crippen molar-refractivity contribution in [3.8, 4) is 22.5 Å². The zero-order valence-electron chi connectivity index (χ0n) is 51.7. The molecule has 5 saturated heterocycles. The molecular weight excluding hydrogens is 1000 g/mol. The first-order valence-corrected chi connectivity index (χ1v) is 29.8. The van der Waals surface area contributed by atoms with E-state index < -0.39 is 54.9 Å². The third kappa shape index (κ3) is 10.4. The smallest absolute Gasteiger partial charge is 0.324 e. The Morgan fingerprint density at radius 3 is 2.55 bits per heavy atom. The Morgan fingerprint density at radius 2 is 1.81 bits per heavy atom. The first-order chi connectivity index (χ1) is 39.4. The van der Waals surface area contributed by atoms with Crippen molar-refractivity contribution in [2.75, 3.05) is 84.6 Å². The summed E-state index contributed by atoms with van der Waals surface area (Å²) in [4.78, 5) is 79.6. The summed E-state index contributed by atoms with van der Waals surface area (Å²) >= 11 is 1.36. The number of esters is 1. The Morgan fingerprint density at radius 1 is 1.01 bits per heavy atom. The van der Waals surface area contributed by atoms with Crippen LogP contribution in [-0.2, 0) is 48.0 Å². The van der Waals surface area contributed by atoms with Crippen molar-refractivity contribution in [3.05, 3.63) is 52.1 Å². The molecule has 6 bridgehead atoms. The number of benzene rings is 1. The van der Waals surface area contributed by atoms with Gasteiger partial charge in [-0.15, -0.1) is 11.3 Å². The predicted molar refractivity (Wildman–Crippen MR) is 303 cm³/mol. The monoisotopic (exact) mass is 1090 g/mol. The number of nitrogens with one attached hydrogen (secondary N) is 2. The highest BCUT2D eigenvalue weighted by Crippen LogP contribution is 2.49. The van der Waals surface area contributed by atoms with E-state index in [4.69, 9.17) is 23.6 Å². The van der Waals surface area contributed by atoms with Crippen molar-refractivity contribution in [1.82, 2.24) is 49.9 Å². The van der Waals surface area contributed by atoms with Gasteiger partial charge in [-0.3, -0.25) is 43.9 Å². The first kappa shape index (κ1) is 47.8. The van der Waals surface area contributed by atoms with Crippen LogP contribution in [0.25, 0.3) is 33.4 Å². The number of aromatic nitrogens is 3. The number of hydrogen-bond donors (Lipinski definition) is 2. The Balaban J connectivity index is 0.896. The van der Waals surface area contributed by atoms with Crippen molar-refractivity contribution in [1.29, 1.82) is 0 Å². The third-order valence-electron chi connectivity index (χ3n) is 18.7. The minimum atomic E-state index is -3.12. The molecule has 18 heteroatoms. The summed E-state index contributed by atoms with van der Waals surface area (Å²) in [5.41, 5.74) is 6.81. The van der Waals surface area contributed by atoms with Crippen molar-refractivity contribution in [2.45, 2.75) is 155 Å². The molecule has 9 heterocycles. The van der Waals surface area contributed by atoms with Crippen molar-refractivity contribution in [2.24, 2.45) is 22.7 Å². The van der Waals surface area contributed by atoms with Crippen LogP contribution in [0.15, 0.2) is 35.8 Å². The van der Waals surface area contributed by atoms with E-state index in [0.29, 0.717) is 107 Å². The second-order valence-electron chi connectivity index (χ2n) is 25.3. The van der Waals surface area contributed by atoms with Gasteiger partial charge in [0.25, 0.3) is 5.91 Å². The van der Waals surface area contributed by atoms with Crippen LogP contribution >= 0.6 is 11.3 Å². The van der Waals surface area contributed by atoms with E-state index >= 15 is 0 Å². The van der Waals surface area contributed by atoms with E-state index in [1.807, 2.05) is 64.4 Å². The highest BCUT2D eigenvalue weighted by atomic mass is 32.1. The molecule has 3 amide bonds. The van der Waals surface area contributed by atoms with Gasteiger partial charge in [-0.05, 0) is 121 Å². The van der Waals surface area contributed by atoms with Crippen LogP contribution in [0.1, 0.15) is 122 Å². The van der Waals surface area contributed by atoms with Gasteiger partial charge in [0.05, 0.1) is 52.7 Å². The number of hydrogen-bond acceptors (Lipinski definition) is 14. The quantitative estimate of drug-likeness (QED) is 0.117. The fraction of sp³-hybridized carbons (Fsp3) is 0.667. The number of rotatable bonds is 12. The average Bonchev–Trinajstić information content (AvgIpc) is 1.72. The molecular formula is C60H83N11O6S. The number of piperazine rings is 1. The number of thiazole rings is 1. The van der Waals surface area contributed by atoms with E-state index in [1.54, 1.807) is 13.2 Å². The van der Waals surface area contributed by atoms with Gasteiger partial charge in [-0.1, -0.05) is 33.8 Å². The van der Waals surface area contributed by atoms with E-state index in [2.05, 4.69) is 42.3 Å². The summed E-state index contributed by atoms with van der Waals surface area (Å²) in [5.74, 6) is -0.419. The van der Waals surface area contributed by atoms with Crippen LogP contribution in [-0.4, -0.2) is 179 Å². The largest absolute Gasteiger partial charge is 0.464 e. The Kier molecular flexibility index (Phi) is 13.0. The van der Waals surface area contributed by atoms with Gasteiger partial charge in [0.2, 0.25) is 11.8 Å². The number of fused-ring (bicyclic) bond motifs is 6. The van der Waals surface area contributed by atoms with Gasteiger partial charge in [0, 0.05) is 130 Å². The van der Waals surface area contributed by atoms with Gasteiger partial charge in [0.1, 0.15) is 18.1 Å². The third-order valence-corrected chi connectivity index (χ3v) is 19.5. The summed E-state index contributed by atoms with van der Waals surface area (Å²) in [6.45, 7) is 10.2. The predicted octanol–water partition coefficient (Wildman–Crippen LogP) is 6.53. The van der Waals surface area contributed by atoms with Crippen LogP contribution < -0.4 is 15.6 Å². The number of likely N-dealkylation sites (N-methyl/N-ethyl adjacent to an activating group) is 1. The molecule has 1 unspecified atom stereocenters. The lowest BCUT2D eigenvalue weighted by Gasteiger charge is -2.37. The second-order valence-corrected chi connectivity index (χ2v) is 26.2.